The molecule has 35 heavy (non-hydrogen) atoms. The van der Waals surface area contributed by atoms with Crippen LogP contribution in [0.1, 0.15) is 20.3 Å². The molecule has 2 aliphatic heterocycles. The van der Waals surface area contributed by atoms with Crippen molar-refractivity contribution in [1.29, 1.82) is 0 Å². The third kappa shape index (κ3) is 5.57. The highest BCUT2D eigenvalue weighted by Crippen LogP contribution is 2.37. The maximum atomic E-state index is 13.7. The zero-order valence-corrected chi connectivity index (χ0v) is 20.9. The van der Waals surface area contributed by atoms with Crippen molar-refractivity contribution >= 4 is 21.8 Å². The molecule has 2 heterocycles. The fraction of sp³-hybridized carbons (Fsp3) is 0.545. The van der Waals surface area contributed by atoms with Crippen LogP contribution in [0.5, 0.6) is 5.75 Å². The van der Waals surface area contributed by atoms with Gasteiger partial charge in [-0.1, -0.05) is 0 Å². The van der Waals surface area contributed by atoms with Crippen molar-refractivity contribution in [2.45, 2.75) is 50.5 Å². The average molecular weight is 517 g/mol. The molecule has 5 unspecified atom stereocenters. The molecule has 0 bridgehead atoms. The van der Waals surface area contributed by atoms with Crippen molar-refractivity contribution in [3.05, 3.63) is 41.8 Å². The molecule has 0 saturated carbocycles. The molecule has 1 saturated heterocycles. The van der Waals surface area contributed by atoms with Gasteiger partial charge < -0.3 is 25.0 Å². The molecule has 13 heteroatoms. The molecule has 1 aromatic rings. The van der Waals surface area contributed by atoms with Crippen LogP contribution in [0, 0.1) is 11.6 Å². The molecular formula is C22H30F2N4O6S. The minimum atomic E-state index is -3.72. The standard InChI is InChI=1S/C22H30F2N4O6S/c1-12(25-3)21(29)26-19(13(2)33-4)22(30)27-9-8-17-20(27)18(11-28(17)35(5,31)32)34-14-6-7-15(23)16(24)10-14/h6-7,10-13,17,19-20,25H,8-9H2,1-5H3,(H,26,29). The zero-order chi connectivity index (χ0) is 26.1. The van der Waals surface area contributed by atoms with E-state index in [1.54, 1.807) is 20.9 Å². The number of fused-ring (bicyclic) bond motifs is 1. The van der Waals surface area contributed by atoms with Crippen molar-refractivity contribution in [3.63, 3.8) is 0 Å². The Morgan fingerprint density at radius 2 is 1.89 bits per heavy atom. The third-order valence-electron chi connectivity index (χ3n) is 6.26. The summed E-state index contributed by atoms with van der Waals surface area (Å²) in [4.78, 5) is 27.6. The highest BCUT2D eigenvalue weighted by atomic mass is 32.2. The van der Waals surface area contributed by atoms with Gasteiger partial charge in [0.05, 0.1) is 30.6 Å². The molecule has 2 aliphatic rings. The van der Waals surface area contributed by atoms with Crippen molar-refractivity contribution < 1.29 is 36.3 Å². The molecule has 194 valence electrons. The molecule has 0 spiro atoms. The minimum Gasteiger partial charge on any atom is -0.458 e. The average Bonchev–Trinajstić information content (AvgIpc) is 3.39. The van der Waals surface area contributed by atoms with Crippen LogP contribution in [0.2, 0.25) is 0 Å². The SMILES string of the molecule is CNC(C)C(=O)NC(C(=O)N1CCC2C1C(Oc1ccc(F)c(F)c1)=CN2S(C)(=O)=O)C(C)OC. The Labute approximate surface area is 203 Å². The smallest absolute Gasteiger partial charge is 0.248 e. The number of likely N-dealkylation sites (N-methyl/N-ethyl adjacent to an activating group) is 1. The van der Waals surface area contributed by atoms with E-state index in [4.69, 9.17) is 9.47 Å². The lowest BCUT2D eigenvalue weighted by atomic mass is 10.1. The van der Waals surface area contributed by atoms with Crippen LogP contribution in [0.25, 0.3) is 0 Å². The zero-order valence-electron chi connectivity index (χ0n) is 20.1. The number of likely N-dealkylation sites (tertiary alicyclic amines) is 1. The van der Waals surface area contributed by atoms with Crippen LogP contribution >= 0.6 is 0 Å². The Morgan fingerprint density at radius 3 is 2.46 bits per heavy atom. The number of halogens is 2. The molecule has 1 fully saturated rings. The van der Waals surface area contributed by atoms with E-state index in [1.807, 2.05) is 0 Å². The van der Waals surface area contributed by atoms with E-state index in [0.29, 0.717) is 6.42 Å². The largest absolute Gasteiger partial charge is 0.458 e. The first-order valence-corrected chi connectivity index (χ1v) is 12.9. The number of rotatable bonds is 9. The molecule has 0 aliphatic carbocycles. The predicted molar refractivity (Wildman–Crippen MR) is 123 cm³/mol. The maximum Gasteiger partial charge on any atom is 0.248 e. The van der Waals surface area contributed by atoms with Gasteiger partial charge in [-0.2, -0.15) is 0 Å². The Bertz CT molecular complexity index is 1120. The molecule has 1 aromatic carbocycles. The Morgan fingerprint density at radius 1 is 1.20 bits per heavy atom. The summed E-state index contributed by atoms with van der Waals surface area (Å²) in [5.74, 6) is -3.07. The van der Waals surface area contributed by atoms with Crippen molar-refractivity contribution in [2.75, 3.05) is 27.0 Å². The predicted octanol–water partition coefficient (Wildman–Crippen LogP) is 0.557. The Hall–Kier alpha value is -2.77. The summed E-state index contributed by atoms with van der Waals surface area (Å²) >= 11 is 0. The van der Waals surface area contributed by atoms with Crippen LogP contribution in [-0.2, 0) is 24.3 Å². The Kier molecular flexibility index (Phi) is 8.02. The van der Waals surface area contributed by atoms with E-state index >= 15 is 0 Å². The van der Waals surface area contributed by atoms with Gasteiger partial charge in [0.2, 0.25) is 21.8 Å². The molecule has 5 atom stereocenters. The number of amides is 2. The molecular weight excluding hydrogens is 486 g/mol. The summed E-state index contributed by atoms with van der Waals surface area (Å²) < 4.78 is 64.1. The van der Waals surface area contributed by atoms with Gasteiger partial charge in [-0.25, -0.2) is 17.2 Å². The summed E-state index contributed by atoms with van der Waals surface area (Å²) in [5.41, 5.74) is 0. The lowest BCUT2D eigenvalue weighted by Gasteiger charge is -2.32. The topological polar surface area (TPSA) is 117 Å². The molecule has 10 nitrogen and oxygen atoms in total. The Balaban J connectivity index is 1.94. The number of sulfonamides is 1. The van der Waals surface area contributed by atoms with Gasteiger partial charge in [0.25, 0.3) is 0 Å². The van der Waals surface area contributed by atoms with E-state index in [0.717, 1.165) is 22.7 Å². The molecule has 3 rings (SSSR count). The number of methoxy groups -OCH3 is 1. The van der Waals surface area contributed by atoms with E-state index in [9.17, 15) is 26.8 Å². The van der Waals surface area contributed by atoms with E-state index in [-0.39, 0.29) is 18.1 Å². The van der Waals surface area contributed by atoms with Gasteiger partial charge in [-0.3, -0.25) is 13.9 Å². The molecule has 0 aromatic heterocycles. The van der Waals surface area contributed by atoms with Crippen LogP contribution < -0.4 is 15.4 Å². The first-order valence-electron chi connectivity index (χ1n) is 11.0. The fourth-order valence-corrected chi connectivity index (χ4v) is 5.15. The van der Waals surface area contributed by atoms with Gasteiger partial charge in [0.1, 0.15) is 23.6 Å². The second-order valence-electron chi connectivity index (χ2n) is 8.57. The fourth-order valence-electron chi connectivity index (χ4n) is 4.14. The van der Waals surface area contributed by atoms with Crippen LogP contribution in [0.15, 0.2) is 30.2 Å². The summed E-state index contributed by atoms with van der Waals surface area (Å²) in [7, 11) is -0.704. The number of carbonyl (C=O) groups is 2. The quantitative estimate of drug-likeness (QED) is 0.493. The molecule has 2 amide bonds. The monoisotopic (exact) mass is 516 g/mol. The minimum absolute atomic E-state index is 0.0542. The third-order valence-corrected chi connectivity index (χ3v) is 7.41. The van der Waals surface area contributed by atoms with Gasteiger partial charge >= 0.3 is 0 Å². The maximum absolute atomic E-state index is 13.7. The normalized spacial score (nSPS) is 22.3. The van der Waals surface area contributed by atoms with Gasteiger partial charge in [0.15, 0.2) is 11.6 Å². The number of nitrogens with zero attached hydrogens (tertiary/aromatic N) is 2. The van der Waals surface area contributed by atoms with Crippen LogP contribution in [0.3, 0.4) is 0 Å². The van der Waals surface area contributed by atoms with E-state index in [1.165, 1.54) is 24.3 Å². The summed E-state index contributed by atoms with van der Waals surface area (Å²) in [6, 6.07) is -0.189. The first-order chi connectivity index (χ1) is 16.4. The van der Waals surface area contributed by atoms with Crippen LogP contribution in [0.4, 0.5) is 8.78 Å². The summed E-state index contributed by atoms with van der Waals surface area (Å²) in [6.45, 7) is 3.45. The number of hydrogen-bond acceptors (Lipinski definition) is 7. The number of nitrogens with one attached hydrogen (secondary N) is 2. The molecule has 0 radical (unpaired) electrons. The number of carbonyl (C=O) groups excluding carboxylic acids is 2. The van der Waals surface area contributed by atoms with Crippen LogP contribution in [-0.4, -0.2) is 86.7 Å². The summed E-state index contributed by atoms with van der Waals surface area (Å²) in [6.07, 6.45) is 1.89. The summed E-state index contributed by atoms with van der Waals surface area (Å²) in [5, 5.41) is 5.49. The lowest BCUT2D eigenvalue weighted by molar-refractivity contribution is -0.141. The number of ether oxygens (including phenoxy) is 2. The highest BCUT2D eigenvalue weighted by molar-refractivity contribution is 7.88. The van der Waals surface area contributed by atoms with E-state index in [2.05, 4.69) is 10.6 Å². The lowest BCUT2D eigenvalue weighted by Crippen LogP contribution is -2.58. The highest BCUT2D eigenvalue weighted by Gasteiger charge is 2.51. The second kappa shape index (κ2) is 10.5. The molecule has 2 N–H and O–H groups in total. The van der Waals surface area contributed by atoms with Crippen molar-refractivity contribution in [1.82, 2.24) is 19.8 Å². The second-order valence-corrected chi connectivity index (χ2v) is 10.5. The van der Waals surface area contributed by atoms with Crippen molar-refractivity contribution in [2.24, 2.45) is 0 Å². The number of benzene rings is 1. The first kappa shape index (κ1) is 26.8. The number of hydrogen-bond donors (Lipinski definition) is 2. The van der Waals surface area contributed by atoms with E-state index < -0.39 is 63.7 Å². The van der Waals surface area contributed by atoms with Gasteiger partial charge in [-0.15, -0.1) is 0 Å². The van der Waals surface area contributed by atoms with Gasteiger partial charge in [0, 0.05) is 19.7 Å². The van der Waals surface area contributed by atoms with Gasteiger partial charge in [-0.05, 0) is 39.4 Å². The van der Waals surface area contributed by atoms with Crippen molar-refractivity contribution in [3.8, 4) is 5.75 Å².